The Balaban J connectivity index is 2.86. The standard InChI is InChI=1S/C13H19BN2O2/c1-9(7-17)6-16-13-5-10(14)3-4-11(13)12(15)8-18-2/h3-5,9,15-17H,6-8H2,1-2H3. The van der Waals surface area contributed by atoms with E-state index in [2.05, 4.69) is 5.32 Å². The smallest absolute Gasteiger partial charge is 0.113 e. The maximum Gasteiger partial charge on any atom is 0.113 e. The number of aliphatic hydroxyl groups excluding tert-OH is 1. The third-order valence-electron chi connectivity index (χ3n) is 2.61. The van der Waals surface area contributed by atoms with E-state index in [9.17, 15) is 0 Å². The minimum absolute atomic E-state index is 0.125. The topological polar surface area (TPSA) is 65.3 Å². The predicted octanol–water partition coefficient (Wildman–Crippen LogP) is 0.535. The van der Waals surface area contributed by atoms with Crippen molar-refractivity contribution in [2.45, 2.75) is 6.92 Å². The van der Waals surface area contributed by atoms with Gasteiger partial charge in [-0.1, -0.05) is 24.5 Å². The van der Waals surface area contributed by atoms with E-state index in [4.69, 9.17) is 23.1 Å². The summed E-state index contributed by atoms with van der Waals surface area (Å²) < 4.78 is 4.97. The van der Waals surface area contributed by atoms with Crippen LogP contribution in [0.15, 0.2) is 18.2 Å². The average Bonchev–Trinajstić information content (AvgIpc) is 2.36. The summed E-state index contributed by atoms with van der Waals surface area (Å²) >= 11 is 0. The van der Waals surface area contributed by atoms with Crippen molar-refractivity contribution in [1.29, 1.82) is 5.41 Å². The van der Waals surface area contributed by atoms with Gasteiger partial charge in [0.05, 0.1) is 12.3 Å². The number of ether oxygens (including phenoxy) is 1. The molecule has 18 heavy (non-hydrogen) atoms. The Morgan fingerprint density at radius 1 is 1.56 bits per heavy atom. The van der Waals surface area contributed by atoms with E-state index in [1.165, 1.54) is 0 Å². The molecule has 5 heteroatoms. The molecule has 0 aromatic heterocycles. The molecule has 0 bridgehead atoms. The Hall–Kier alpha value is -1.33. The summed E-state index contributed by atoms with van der Waals surface area (Å²) in [5, 5.41) is 20.1. The Morgan fingerprint density at radius 2 is 2.28 bits per heavy atom. The first kappa shape index (κ1) is 14.7. The number of aliphatic hydroxyl groups is 1. The number of benzene rings is 1. The lowest BCUT2D eigenvalue weighted by Gasteiger charge is -2.16. The molecule has 0 heterocycles. The number of anilines is 1. The molecule has 0 saturated carbocycles. The highest BCUT2D eigenvalue weighted by molar-refractivity contribution is 6.32. The van der Waals surface area contributed by atoms with Crippen LogP contribution in [0.3, 0.4) is 0 Å². The highest BCUT2D eigenvalue weighted by Crippen LogP contribution is 2.15. The second-order valence-electron chi connectivity index (χ2n) is 4.39. The minimum Gasteiger partial charge on any atom is -0.396 e. The summed E-state index contributed by atoms with van der Waals surface area (Å²) in [6.07, 6.45) is 0. The fraction of sp³-hybridized carbons (Fsp3) is 0.462. The van der Waals surface area contributed by atoms with Crippen LogP contribution in [0.1, 0.15) is 12.5 Å². The lowest BCUT2D eigenvalue weighted by atomic mass is 9.93. The molecule has 0 aliphatic rings. The highest BCUT2D eigenvalue weighted by Gasteiger charge is 2.09. The number of rotatable bonds is 7. The molecule has 96 valence electrons. The predicted molar refractivity (Wildman–Crippen MR) is 75.3 cm³/mol. The molecule has 3 N–H and O–H groups in total. The van der Waals surface area contributed by atoms with Gasteiger partial charge >= 0.3 is 0 Å². The Morgan fingerprint density at radius 3 is 2.89 bits per heavy atom. The molecule has 0 fully saturated rings. The molecule has 0 spiro atoms. The molecule has 0 aliphatic carbocycles. The van der Waals surface area contributed by atoms with E-state index >= 15 is 0 Å². The van der Waals surface area contributed by atoms with E-state index in [1.807, 2.05) is 13.0 Å². The van der Waals surface area contributed by atoms with Gasteiger partial charge in [-0.25, -0.2) is 0 Å². The molecule has 1 rings (SSSR count). The van der Waals surface area contributed by atoms with Gasteiger partial charge in [0.25, 0.3) is 0 Å². The monoisotopic (exact) mass is 246 g/mol. The molecule has 2 radical (unpaired) electrons. The van der Waals surface area contributed by atoms with Gasteiger partial charge < -0.3 is 20.6 Å². The summed E-state index contributed by atoms with van der Waals surface area (Å²) in [7, 11) is 7.31. The quantitative estimate of drug-likeness (QED) is 0.486. The lowest BCUT2D eigenvalue weighted by Crippen LogP contribution is -2.19. The van der Waals surface area contributed by atoms with Crippen LogP contribution in [-0.2, 0) is 4.74 Å². The maximum absolute atomic E-state index is 9.00. The van der Waals surface area contributed by atoms with Crippen LogP contribution in [0.2, 0.25) is 0 Å². The summed E-state index contributed by atoms with van der Waals surface area (Å²) in [4.78, 5) is 0. The van der Waals surface area contributed by atoms with E-state index in [-0.39, 0.29) is 19.1 Å². The van der Waals surface area contributed by atoms with Crippen molar-refractivity contribution < 1.29 is 9.84 Å². The largest absolute Gasteiger partial charge is 0.396 e. The molecule has 1 aromatic carbocycles. The molecule has 0 amide bonds. The van der Waals surface area contributed by atoms with Crippen LogP contribution >= 0.6 is 0 Å². The van der Waals surface area contributed by atoms with Gasteiger partial charge in [-0.15, -0.1) is 0 Å². The highest BCUT2D eigenvalue weighted by atomic mass is 16.5. The van der Waals surface area contributed by atoms with Crippen LogP contribution in [0.4, 0.5) is 5.69 Å². The van der Waals surface area contributed by atoms with E-state index in [1.54, 1.807) is 19.2 Å². The Labute approximate surface area is 109 Å². The van der Waals surface area contributed by atoms with Crippen molar-refractivity contribution >= 4 is 24.7 Å². The number of hydrogen-bond donors (Lipinski definition) is 3. The van der Waals surface area contributed by atoms with Crippen LogP contribution in [0.5, 0.6) is 0 Å². The van der Waals surface area contributed by atoms with Crippen LogP contribution in [0.25, 0.3) is 0 Å². The second kappa shape index (κ2) is 7.19. The van der Waals surface area contributed by atoms with Crippen molar-refractivity contribution in [1.82, 2.24) is 0 Å². The number of hydrogen-bond acceptors (Lipinski definition) is 4. The van der Waals surface area contributed by atoms with Gasteiger partial charge in [-0.2, -0.15) is 0 Å². The SMILES string of the molecule is [B]c1ccc(C(=N)COC)c(NCC(C)CO)c1. The van der Waals surface area contributed by atoms with E-state index in [0.29, 0.717) is 17.7 Å². The number of methoxy groups -OCH3 is 1. The van der Waals surface area contributed by atoms with Gasteiger partial charge in [-0.3, -0.25) is 0 Å². The van der Waals surface area contributed by atoms with Crippen molar-refractivity contribution in [2.24, 2.45) is 5.92 Å². The van der Waals surface area contributed by atoms with E-state index < -0.39 is 0 Å². The molecule has 1 unspecified atom stereocenters. The normalized spacial score (nSPS) is 12.2. The summed E-state index contributed by atoms with van der Waals surface area (Å²) in [5.74, 6) is 0.149. The first-order valence-electron chi connectivity index (χ1n) is 5.89. The van der Waals surface area contributed by atoms with Crippen LogP contribution in [0, 0.1) is 11.3 Å². The van der Waals surface area contributed by atoms with Gasteiger partial charge in [-0.05, 0) is 12.0 Å². The van der Waals surface area contributed by atoms with Gasteiger partial charge in [0, 0.05) is 31.5 Å². The van der Waals surface area contributed by atoms with Gasteiger partial charge in [0.1, 0.15) is 7.85 Å². The molecule has 1 aromatic rings. The molecule has 1 atom stereocenters. The van der Waals surface area contributed by atoms with Gasteiger partial charge in [0.15, 0.2) is 0 Å². The first-order valence-corrected chi connectivity index (χ1v) is 5.89. The van der Waals surface area contributed by atoms with Crippen molar-refractivity contribution in [3.05, 3.63) is 23.8 Å². The summed E-state index contributed by atoms with van der Waals surface area (Å²) in [6, 6.07) is 5.37. The summed E-state index contributed by atoms with van der Waals surface area (Å²) in [5.41, 5.74) is 2.62. The van der Waals surface area contributed by atoms with Crippen molar-refractivity contribution in [2.75, 3.05) is 32.2 Å². The fourth-order valence-corrected chi connectivity index (χ4v) is 1.54. The molecule has 4 nitrogen and oxygen atoms in total. The molecule has 0 saturated heterocycles. The molecular formula is C13H19BN2O2. The summed E-state index contributed by atoms with van der Waals surface area (Å²) in [6.45, 7) is 2.96. The fourth-order valence-electron chi connectivity index (χ4n) is 1.54. The van der Waals surface area contributed by atoms with Gasteiger partial charge in [0.2, 0.25) is 0 Å². The lowest BCUT2D eigenvalue weighted by molar-refractivity contribution is 0.244. The van der Waals surface area contributed by atoms with E-state index in [0.717, 1.165) is 11.3 Å². The molecular weight excluding hydrogens is 227 g/mol. The Bertz CT molecular complexity index is 410. The number of nitrogens with one attached hydrogen (secondary N) is 2. The third-order valence-corrected chi connectivity index (χ3v) is 2.61. The average molecular weight is 246 g/mol. The third kappa shape index (κ3) is 4.16. The van der Waals surface area contributed by atoms with Crippen molar-refractivity contribution in [3.63, 3.8) is 0 Å². The van der Waals surface area contributed by atoms with Crippen molar-refractivity contribution in [3.8, 4) is 0 Å². The first-order chi connectivity index (χ1) is 8.58. The Kier molecular flexibility index (Phi) is 5.88. The maximum atomic E-state index is 9.00. The zero-order valence-electron chi connectivity index (χ0n) is 10.9. The van der Waals surface area contributed by atoms with Crippen LogP contribution < -0.4 is 10.8 Å². The zero-order valence-corrected chi connectivity index (χ0v) is 10.9. The zero-order chi connectivity index (χ0) is 13.5. The minimum atomic E-state index is 0.125. The molecule has 0 aliphatic heterocycles. The van der Waals surface area contributed by atoms with Crippen LogP contribution in [-0.4, -0.2) is 45.5 Å². The second-order valence-corrected chi connectivity index (χ2v) is 4.39.